The van der Waals surface area contributed by atoms with Gasteiger partial charge in [-0.25, -0.2) is 9.78 Å². The van der Waals surface area contributed by atoms with Crippen LogP contribution in [-0.4, -0.2) is 39.8 Å². The van der Waals surface area contributed by atoms with Crippen molar-refractivity contribution >= 4 is 56.1 Å². The number of nitrogens with one attached hydrogen (secondary N) is 2. The van der Waals surface area contributed by atoms with E-state index >= 15 is 0 Å². The number of urea groups is 1. The van der Waals surface area contributed by atoms with Crippen LogP contribution in [0, 0.1) is 0 Å². The third kappa shape index (κ3) is 3.91. The second-order valence-electron chi connectivity index (χ2n) is 6.58. The zero-order chi connectivity index (χ0) is 19.6. The lowest BCUT2D eigenvalue weighted by Gasteiger charge is -2.25. The highest BCUT2D eigenvalue weighted by molar-refractivity contribution is 7.22. The second-order valence-corrected chi connectivity index (χ2v) is 8.05. The second kappa shape index (κ2) is 7.82. The summed E-state index contributed by atoms with van der Waals surface area (Å²) in [7, 11) is 0. The number of halogens is 1. The maximum Gasteiger partial charge on any atom is 0.325 e. The molecule has 1 fully saturated rings. The molecule has 2 aromatic rings. The summed E-state index contributed by atoms with van der Waals surface area (Å²) in [6.45, 7) is 3.59. The number of thiazole rings is 1. The van der Waals surface area contributed by atoms with Crippen molar-refractivity contribution in [1.82, 2.24) is 15.2 Å². The lowest BCUT2D eigenvalue weighted by Crippen LogP contribution is -2.47. The number of carbonyl (C=O) groups excluding carboxylic acids is 3. The SMILES string of the molecule is CCCC1(CCC)NC(=O)N(CC(=O)Nc2nc3ccc(Cl)cc3s2)C1=O. The summed E-state index contributed by atoms with van der Waals surface area (Å²) in [6, 6.07) is 4.74. The smallest absolute Gasteiger partial charge is 0.323 e. The van der Waals surface area contributed by atoms with Crippen molar-refractivity contribution in [2.75, 3.05) is 11.9 Å². The predicted molar refractivity (Wildman–Crippen MR) is 106 cm³/mol. The fraction of sp³-hybridized carbons (Fsp3) is 0.444. The maximum atomic E-state index is 12.8. The van der Waals surface area contributed by atoms with E-state index in [4.69, 9.17) is 11.6 Å². The Morgan fingerprint density at radius 2 is 2.00 bits per heavy atom. The van der Waals surface area contributed by atoms with E-state index in [0.717, 1.165) is 28.0 Å². The van der Waals surface area contributed by atoms with E-state index in [0.29, 0.717) is 23.0 Å². The Balaban J connectivity index is 1.71. The van der Waals surface area contributed by atoms with Gasteiger partial charge in [0.25, 0.3) is 5.91 Å². The van der Waals surface area contributed by atoms with E-state index in [1.54, 1.807) is 18.2 Å². The average Bonchev–Trinajstić information content (AvgIpc) is 3.09. The molecule has 7 nitrogen and oxygen atoms in total. The Hall–Kier alpha value is -2.19. The van der Waals surface area contributed by atoms with Crippen LogP contribution in [0.4, 0.5) is 9.93 Å². The van der Waals surface area contributed by atoms with Gasteiger partial charge in [0.2, 0.25) is 5.91 Å². The molecule has 3 rings (SSSR count). The summed E-state index contributed by atoms with van der Waals surface area (Å²) < 4.78 is 0.845. The molecule has 0 atom stereocenters. The standard InChI is InChI=1S/C18H21ClN4O3S/c1-3-7-18(8-4-2)15(25)23(17(26)22-18)10-14(24)21-16-20-12-6-5-11(19)9-13(12)27-16/h5-6,9H,3-4,7-8,10H2,1-2H3,(H,22,26)(H,20,21,24). The Kier molecular flexibility index (Phi) is 5.67. The van der Waals surface area contributed by atoms with E-state index in [2.05, 4.69) is 15.6 Å². The Morgan fingerprint density at radius 3 is 2.67 bits per heavy atom. The first kappa shape index (κ1) is 19.6. The molecule has 0 spiro atoms. The van der Waals surface area contributed by atoms with Gasteiger partial charge < -0.3 is 10.6 Å². The van der Waals surface area contributed by atoms with Gasteiger partial charge in [0, 0.05) is 5.02 Å². The van der Waals surface area contributed by atoms with Crippen molar-refractivity contribution in [3.63, 3.8) is 0 Å². The van der Waals surface area contributed by atoms with E-state index in [-0.39, 0.29) is 12.5 Å². The van der Waals surface area contributed by atoms with Gasteiger partial charge in [0.1, 0.15) is 12.1 Å². The van der Waals surface area contributed by atoms with E-state index in [9.17, 15) is 14.4 Å². The number of fused-ring (bicyclic) bond motifs is 1. The van der Waals surface area contributed by atoms with Gasteiger partial charge >= 0.3 is 6.03 Å². The summed E-state index contributed by atoms with van der Waals surface area (Å²) in [5.41, 5.74) is -0.174. The summed E-state index contributed by atoms with van der Waals surface area (Å²) in [4.78, 5) is 42.8. The number of hydrogen-bond donors (Lipinski definition) is 2. The van der Waals surface area contributed by atoms with Crippen LogP contribution >= 0.6 is 22.9 Å². The van der Waals surface area contributed by atoms with Crippen molar-refractivity contribution in [2.24, 2.45) is 0 Å². The fourth-order valence-electron chi connectivity index (χ4n) is 3.39. The van der Waals surface area contributed by atoms with E-state index in [1.165, 1.54) is 11.3 Å². The van der Waals surface area contributed by atoms with Gasteiger partial charge in [-0.15, -0.1) is 0 Å². The molecule has 0 saturated carbocycles. The van der Waals surface area contributed by atoms with Crippen LogP contribution in [0.25, 0.3) is 10.2 Å². The van der Waals surface area contributed by atoms with Crippen LogP contribution < -0.4 is 10.6 Å². The number of rotatable bonds is 7. The molecule has 1 saturated heterocycles. The van der Waals surface area contributed by atoms with Crippen molar-refractivity contribution < 1.29 is 14.4 Å². The molecule has 9 heteroatoms. The van der Waals surface area contributed by atoms with Gasteiger partial charge in [-0.3, -0.25) is 14.5 Å². The molecule has 144 valence electrons. The zero-order valence-electron chi connectivity index (χ0n) is 15.2. The molecule has 2 N–H and O–H groups in total. The van der Waals surface area contributed by atoms with Crippen molar-refractivity contribution in [3.05, 3.63) is 23.2 Å². The number of amides is 4. The van der Waals surface area contributed by atoms with Gasteiger partial charge in [0.05, 0.1) is 10.2 Å². The summed E-state index contributed by atoms with van der Waals surface area (Å²) in [6.07, 6.45) is 2.64. The topological polar surface area (TPSA) is 91.4 Å². The number of carbonyl (C=O) groups is 3. The van der Waals surface area contributed by atoms with Crippen molar-refractivity contribution in [1.29, 1.82) is 0 Å². The molecule has 0 aliphatic carbocycles. The van der Waals surface area contributed by atoms with Crippen LogP contribution in [0.5, 0.6) is 0 Å². The first-order chi connectivity index (χ1) is 12.9. The molecule has 4 amide bonds. The maximum absolute atomic E-state index is 12.8. The van der Waals surface area contributed by atoms with Crippen molar-refractivity contribution in [3.8, 4) is 0 Å². The third-order valence-corrected chi connectivity index (χ3v) is 5.67. The fourth-order valence-corrected chi connectivity index (χ4v) is 4.55. The zero-order valence-corrected chi connectivity index (χ0v) is 16.7. The monoisotopic (exact) mass is 408 g/mol. The highest BCUT2D eigenvalue weighted by Crippen LogP contribution is 2.29. The summed E-state index contributed by atoms with van der Waals surface area (Å²) in [5, 5.41) is 6.45. The van der Waals surface area contributed by atoms with Crippen LogP contribution in [0.3, 0.4) is 0 Å². The predicted octanol–water partition coefficient (Wildman–Crippen LogP) is 3.78. The quantitative estimate of drug-likeness (QED) is 0.682. The molecular weight excluding hydrogens is 388 g/mol. The Labute approximate surface area is 166 Å². The molecule has 0 bridgehead atoms. The molecule has 0 radical (unpaired) electrons. The molecule has 1 aliphatic rings. The molecule has 1 aromatic heterocycles. The number of imide groups is 1. The molecule has 0 unspecified atom stereocenters. The minimum atomic E-state index is -0.895. The molecule has 27 heavy (non-hydrogen) atoms. The molecule has 1 aromatic carbocycles. The minimum Gasteiger partial charge on any atom is -0.323 e. The van der Waals surface area contributed by atoms with Gasteiger partial charge in [0.15, 0.2) is 5.13 Å². The molecule has 2 heterocycles. The van der Waals surface area contributed by atoms with Gasteiger partial charge in [-0.2, -0.15) is 0 Å². The third-order valence-electron chi connectivity index (χ3n) is 4.50. The van der Waals surface area contributed by atoms with Gasteiger partial charge in [-0.05, 0) is 31.0 Å². The minimum absolute atomic E-state index is 0.331. The lowest BCUT2D eigenvalue weighted by molar-refractivity contribution is -0.134. The first-order valence-electron chi connectivity index (χ1n) is 8.88. The number of aromatic nitrogens is 1. The number of nitrogens with zero attached hydrogens (tertiary/aromatic N) is 2. The van der Waals surface area contributed by atoms with Crippen molar-refractivity contribution in [2.45, 2.75) is 45.1 Å². The van der Waals surface area contributed by atoms with E-state index in [1.807, 2.05) is 13.8 Å². The first-order valence-corrected chi connectivity index (χ1v) is 10.1. The molecule has 1 aliphatic heterocycles. The van der Waals surface area contributed by atoms with E-state index < -0.39 is 17.5 Å². The number of anilines is 1. The average molecular weight is 409 g/mol. The highest BCUT2D eigenvalue weighted by Gasteiger charge is 2.50. The van der Waals surface area contributed by atoms with Crippen LogP contribution in [0.15, 0.2) is 18.2 Å². The number of hydrogen-bond acceptors (Lipinski definition) is 5. The highest BCUT2D eigenvalue weighted by atomic mass is 35.5. The van der Waals surface area contributed by atoms with Crippen LogP contribution in [0.1, 0.15) is 39.5 Å². The lowest BCUT2D eigenvalue weighted by atomic mass is 9.88. The molecular formula is C18H21ClN4O3S. The normalized spacial score (nSPS) is 16.0. The Morgan fingerprint density at radius 1 is 1.30 bits per heavy atom. The summed E-state index contributed by atoms with van der Waals surface area (Å²) >= 11 is 7.24. The van der Waals surface area contributed by atoms with Gasteiger partial charge in [-0.1, -0.05) is 49.6 Å². The summed E-state index contributed by atoms with van der Waals surface area (Å²) in [5.74, 6) is -0.796. The largest absolute Gasteiger partial charge is 0.325 e. The van der Waals surface area contributed by atoms with Crippen LogP contribution in [0.2, 0.25) is 5.02 Å². The Bertz CT molecular complexity index is 892. The number of benzene rings is 1. The van der Waals surface area contributed by atoms with Crippen LogP contribution in [-0.2, 0) is 9.59 Å².